The average molecular weight is 448 g/mol. The molecule has 3 rings (SSSR count). The molecule has 0 aliphatic carbocycles. The summed E-state index contributed by atoms with van der Waals surface area (Å²) in [5, 5.41) is 18.7. The minimum atomic E-state index is -4.66. The van der Waals surface area contributed by atoms with Gasteiger partial charge in [0.1, 0.15) is 17.8 Å². The largest absolute Gasteiger partial charge is 0.430 e. The minimum Gasteiger partial charge on any atom is -0.395 e. The first-order valence-electron chi connectivity index (χ1n) is 9.68. The van der Waals surface area contributed by atoms with Crippen molar-refractivity contribution in [1.29, 1.82) is 5.41 Å². The maximum atomic E-state index is 12.8. The number of anilines is 1. The minimum absolute atomic E-state index is 0.0175. The maximum absolute atomic E-state index is 12.8. The van der Waals surface area contributed by atoms with Crippen molar-refractivity contribution in [2.24, 2.45) is 5.73 Å². The summed E-state index contributed by atoms with van der Waals surface area (Å²) >= 11 is 0. The van der Waals surface area contributed by atoms with Crippen LogP contribution in [-0.2, 0) is 4.74 Å². The van der Waals surface area contributed by atoms with Crippen LogP contribution in [0.3, 0.4) is 0 Å². The van der Waals surface area contributed by atoms with Crippen LogP contribution in [0.4, 0.5) is 19.0 Å². The van der Waals surface area contributed by atoms with E-state index in [2.05, 4.69) is 20.3 Å². The van der Waals surface area contributed by atoms with E-state index in [4.69, 9.17) is 15.9 Å². The molecule has 170 valence electrons. The lowest BCUT2D eigenvalue weighted by atomic mass is 10.1. The fraction of sp³-hybridized carbons (Fsp3) is 0.300. The predicted octanol–water partition coefficient (Wildman–Crippen LogP) is 2.78. The third kappa shape index (κ3) is 5.72. The molecule has 0 amide bonds. The number of aromatic nitrogens is 5. The van der Waals surface area contributed by atoms with Crippen LogP contribution in [-0.4, -0.2) is 63.2 Å². The number of hydrogen-bond donors (Lipinski definition) is 3. The van der Waals surface area contributed by atoms with Crippen LogP contribution in [0.25, 0.3) is 11.4 Å². The molecule has 0 saturated carbocycles. The highest BCUT2D eigenvalue weighted by atomic mass is 19.4. The van der Waals surface area contributed by atoms with E-state index in [1.165, 1.54) is 17.2 Å². The summed E-state index contributed by atoms with van der Waals surface area (Å²) in [5.41, 5.74) is 4.47. The summed E-state index contributed by atoms with van der Waals surface area (Å²) in [6.07, 6.45) is 2.70. The highest BCUT2D eigenvalue weighted by molar-refractivity contribution is 6.08. The Kier molecular flexibility index (Phi) is 7.25. The van der Waals surface area contributed by atoms with Crippen molar-refractivity contribution < 1.29 is 17.9 Å². The Morgan fingerprint density at radius 2 is 2.12 bits per heavy atom. The zero-order chi connectivity index (χ0) is 23.1. The van der Waals surface area contributed by atoms with E-state index < -0.39 is 11.9 Å². The Balaban J connectivity index is 2.16. The second kappa shape index (κ2) is 10.1. The number of morpholine rings is 1. The summed E-state index contributed by atoms with van der Waals surface area (Å²) in [6, 6.07) is 5.00. The molecule has 1 aliphatic heterocycles. The van der Waals surface area contributed by atoms with Crippen LogP contribution in [0.5, 0.6) is 0 Å². The lowest BCUT2D eigenvalue weighted by Gasteiger charge is -2.34. The van der Waals surface area contributed by atoms with E-state index >= 15 is 0 Å². The Morgan fingerprint density at radius 3 is 2.78 bits per heavy atom. The number of halogens is 3. The third-order valence-corrected chi connectivity index (χ3v) is 4.68. The molecule has 32 heavy (non-hydrogen) atoms. The Morgan fingerprint density at radius 1 is 1.31 bits per heavy atom. The van der Waals surface area contributed by atoms with E-state index in [0.29, 0.717) is 37.0 Å². The molecular formula is C20H23F3N8O. The van der Waals surface area contributed by atoms with Gasteiger partial charge in [-0.15, -0.1) is 0 Å². The van der Waals surface area contributed by atoms with Crippen molar-refractivity contribution in [3.05, 3.63) is 60.3 Å². The van der Waals surface area contributed by atoms with Gasteiger partial charge < -0.3 is 20.8 Å². The molecule has 9 nitrogen and oxygen atoms in total. The van der Waals surface area contributed by atoms with Crippen molar-refractivity contribution in [3.8, 4) is 5.82 Å². The number of H-pyrrole nitrogens is 1. The van der Waals surface area contributed by atoms with E-state index in [-0.39, 0.29) is 11.6 Å². The molecule has 2 aromatic rings. The molecule has 0 spiro atoms. The number of nitrogens with one attached hydrogen (secondary N) is 2. The first-order valence-corrected chi connectivity index (χ1v) is 9.68. The number of nitrogens with zero attached hydrogens (tertiary/aromatic N) is 5. The highest BCUT2D eigenvalue weighted by Crippen LogP contribution is 2.23. The van der Waals surface area contributed by atoms with E-state index in [0.717, 1.165) is 18.4 Å². The lowest BCUT2D eigenvalue weighted by molar-refractivity contribution is -0.0926. The molecule has 1 atom stereocenters. The van der Waals surface area contributed by atoms with Gasteiger partial charge in [-0.2, -0.15) is 23.4 Å². The van der Waals surface area contributed by atoms with Crippen LogP contribution in [0.15, 0.2) is 54.8 Å². The molecule has 3 heterocycles. The normalized spacial score (nSPS) is 17.8. The molecule has 1 aliphatic rings. The SMILES string of the molecule is C[C@@H]1COCCN1c1cc(C(C=N)=CC=C(N)C(F)(F)F)ccnn(-c2ccn[nH]2)cn1. The number of allylic oxidation sites excluding steroid dienone is 4. The molecule has 0 aromatic carbocycles. The van der Waals surface area contributed by atoms with Gasteiger partial charge in [0.2, 0.25) is 0 Å². The first kappa shape index (κ1) is 23.0. The topological polar surface area (TPSA) is 122 Å². The van der Waals surface area contributed by atoms with Gasteiger partial charge in [0.05, 0.1) is 25.5 Å². The first-order chi connectivity index (χ1) is 15.3. The van der Waals surface area contributed by atoms with Crippen LogP contribution in [0.1, 0.15) is 12.5 Å². The number of ether oxygens (including phenoxy) is 1. The van der Waals surface area contributed by atoms with Crippen LogP contribution in [0, 0.1) is 5.41 Å². The number of alkyl halides is 3. The molecule has 1 fully saturated rings. The van der Waals surface area contributed by atoms with Crippen molar-refractivity contribution in [2.75, 3.05) is 24.7 Å². The number of nitrogens with two attached hydrogens (primary N) is 1. The van der Waals surface area contributed by atoms with Crippen molar-refractivity contribution in [1.82, 2.24) is 25.0 Å². The Bertz CT molecular complexity index is 1040. The van der Waals surface area contributed by atoms with Gasteiger partial charge in [-0.1, -0.05) is 6.08 Å². The molecule has 2 aromatic heterocycles. The number of rotatable bonds is 5. The summed E-state index contributed by atoms with van der Waals surface area (Å²) in [4.78, 5) is 6.58. The molecule has 0 radical (unpaired) electrons. The van der Waals surface area contributed by atoms with Crippen molar-refractivity contribution in [2.45, 2.75) is 19.1 Å². The van der Waals surface area contributed by atoms with E-state index in [1.807, 2.05) is 11.8 Å². The van der Waals surface area contributed by atoms with Gasteiger partial charge in [0, 0.05) is 25.0 Å². The number of hydrogen-bond acceptors (Lipinski definition) is 7. The summed E-state index contributed by atoms with van der Waals surface area (Å²) < 4.78 is 45.3. The highest BCUT2D eigenvalue weighted by Gasteiger charge is 2.30. The lowest BCUT2D eigenvalue weighted by Crippen LogP contribution is -2.44. The average Bonchev–Trinajstić information content (AvgIpc) is 3.31. The molecule has 12 heteroatoms. The smallest absolute Gasteiger partial charge is 0.395 e. The second-order valence-corrected chi connectivity index (χ2v) is 6.92. The zero-order valence-corrected chi connectivity index (χ0v) is 17.3. The molecule has 4 N–H and O–H groups in total. The van der Waals surface area contributed by atoms with Gasteiger partial charge in [-0.3, -0.25) is 5.10 Å². The zero-order valence-electron chi connectivity index (χ0n) is 17.3. The summed E-state index contributed by atoms with van der Waals surface area (Å²) in [6.45, 7) is 3.57. The Labute approximate surface area is 182 Å². The Hall–Kier alpha value is -3.67. The fourth-order valence-electron chi connectivity index (χ4n) is 2.96. The van der Waals surface area contributed by atoms with Crippen molar-refractivity contribution >= 4 is 17.6 Å². The van der Waals surface area contributed by atoms with Gasteiger partial charge in [0.25, 0.3) is 0 Å². The summed E-state index contributed by atoms with van der Waals surface area (Å²) in [5.74, 6) is 1.11. The summed E-state index contributed by atoms with van der Waals surface area (Å²) in [7, 11) is 0. The standard InChI is InChI=1S/C20H23F3N8O/c1-14-12-32-9-8-30(14)19-10-15(16(11-24)2-3-17(25)20(21,22)23)4-7-28-31(13-26-19)18-5-6-27-29-18/h2-7,10-11,13-14,24H,8-9,12,25H2,1H3,(H,27,29)/t14-/m1/s1. The van der Waals surface area contributed by atoms with E-state index in [9.17, 15) is 13.2 Å². The molecular weight excluding hydrogens is 425 g/mol. The van der Waals surface area contributed by atoms with Gasteiger partial charge >= 0.3 is 6.18 Å². The van der Waals surface area contributed by atoms with Gasteiger partial charge in [0.15, 0.2) is 5.82 Å². The molecule has 0 bridgehead atoms. The van der Waals surface area contributed by atoms with Gasteiger partial charge in [-0.05, 0) is 36.3 Å². The maximum Gasteiger partial charge on any atom is 0.430 e. The molecule has 1 saturated heterocycles. The van der Waals surface area contributed by atoms with Crippen molar-refractivity contribution in [3.63, 3.8) is 0 Å². The van der Waals surface area contributed by atoms with Crippen LogP contribution in [0.2, 0.25) is 0 Å². The number of aromatic amines is 1. The molecule has 0 unspecified atom stereocenters. The monoisotopic (exact) mass is 448 g/mol. The third-order valence-electron chi connectivity index (χ3n) is 4.68. The fourth-order valence-corrected chi connectivity index (χ4v) is 2.96. The van der Waals surface area contributed by atoms with Crippen LogP contribution >= 0.6 is 0 Å². The van der Waals surface area contributed by atoms with E-state index in [1.54, 1.807) is 24.4 Å². The quantitative estimate of drug-likeness (QED) is 0.478. The second-order valence-electron chi connectivity index (χ2n) is 6.92. The van der Waals surface area contributed by atoms with Gasteiger partial charge in [-0.25, -0.2) is 9.67 Å². The predicted molar refractivity (Wildman–Crippen MR) is 114 cm³/mol. The van der Waals surface area contributed by atoms with Crippen LogP contribution < -0.4 is 10.6 Å².